The van der Waals surface area contributed by atoms with Crippen LogP contribution in [0.3, 0.4) is 0 Å². The molecule has 19 heavy (non-hydrogen) atoms. The fourth-order valence-corrected chi connectivity index (χ4v) is 3.51. The zero-order chi connectivity index (χ0) is 13.8. The minimum Gasteiger partial charge on any atom is -0.125 e. The van der Waals surface area contributed by atoms with Crippen molar-refractivity contribution >= 4 is 27.7 Å². The van der Waals surface area contributed by atoms with Crippen LogP contribution in [-0.2, 0) is 5.75 Å². The van der Waals surface area contributed by atoms with Crippen LogP contribution in [0.25, 0.3) is 0 Å². The van der Waals surface area contributed by atoms with Crippen molar-refractivity contribution in [2.24, 2.45) is 0 Å². The molecule has 1 aromatic carbocycles. The second kappa shape index (κ2) is 11.6. The summed E-state index contributed by atoms with van der Waals surface area (Å²) < 4.78 is 0. The van der Waals surface area contributed by atoms with E-state index in [9.17, 15) is 0 Å². The molecule has 0 aliphatic carbocycles. The highest BCUT2D eigenvalue weighted by atomic mass is 79.9. The fourth-order valence-electron chi connectivity index (χ4n) is 1.99. The number of unbranched alkanes of at least 4 members (excludes halogenated alkanes) is 5. The molecule has 0 aromatic heterocycles. The van der Waals surface area contributed by atoms with E-state index in [1.54, 1.807) is 0 Å². The van der Waals surface area contributed by atoms with E-state index in [0.717, 1.165) is 5.75 Å². The van der Waals surface area contributed by atoms with Gasteiger partial charge in [0.05, 0.1) is 0 Å². The molecule has 0 saturated heterocycles. The van der Waals surface area contributed by atoms with Gasteiger partial charge in [-0.25, -0.2) is 0 Å². The van der Waals surface area contributed by atoms with Crippen LogP contribution in [-0.4, -0.2) is 0 Å². The van der Waals surface area contributed by atoms with E-state index >= 15 is 0 Å². The van der Waals surface area contributed by atoms with E-state index in [2.05, 4.69) is 58.2 Å². The van der Waals surface area contributed by atoms with Crippen molar-refractivity contribution < 1.29 is 0 Å². The molecule has 1 rings (SSSR count). The number of thioether (sulfide) groups is 1. The molecule has 0 atom stereocenters. The van der Waals surface area contributed by atoms with Crippen molar-refractivity contribution in [1.82, 2.24) is 0 Å². The normalized spacial score (nSPS) is 11.8. The van der Waals surface area contributed by atoms with Gasteiger partial charge in [-0.3, -0.25) is 0 Å². The van der Waals surface area contributed by atoms with Crippen molar-refractivity contribution in [3.8, 4) is 0 Å². The van der Waals surface area contributed by atoms with Crippen LogP contribution in [0, 0.1) is 0 Å². The first kappa shape index (κ1) is 16.8. The molecule has 0 fully saturated rings. The van der Waals surface area contributed by atoms with Crippen LogP contribution >= 0.6 is 27.7 Å². The lowest BCUT2D eigenvalue weighted by Gasteiger charge is -2.06. The number of hydrogen-bond donors (Lipinski definition) is 0. The lowest BCUT2D eigenvalue weighted by atomic mass is 10.1. The Morgan fingerprint density at radius 2 is 1.74 bits per heavy atom. The van der Waals surface area contributed by atoms with Crippen molar-refractivity contribution in [2.45, 2.75) is 57.6 Å². The van der Waals surface area contributed by atoms with E-state index in [0.29, 0.717) is 0 Å². The molecule has 0 unspecified atom stereocenters. The van der Waals surface area contributed by atoms with Crippen LogP contribution in [0.4, 0.5) is 0 Å². The monoisotopic (exact) mass is 340 g/mol. The Labute approximate surface area is 131 Å². The summed E-state index contributed by atoms with van der Waals surface area (Å²) in [5, 5.41) is 0. The molecule has 0 aliphatic rings. The van der Waals surface area contributed by atoms with Gasteiger partial charge in [-0.05, 0) is 28.3 Å². The Hall–Kier alpha value is -0.210. The largest absolute Gasteiger partial charge is 0.125 e. The molecule has 0 heterocycles. The van der Waals surface area contributed by atoms with Crippen LogP contribution in [0.1, 0.15) is 57.4 Å². The van der Waals surface area contributed by atoms with Crippen LogP contribution in [0.5, 0.6) is 0 Å². The molecule has 106 valence electrons. The molecule has 0 bridgehead atoms. The topological polar surface area (TPSA) is 0 Å². The third-order valence-corrected chi connectivity index (χ3v) is 5.19. The maximum absolute atomic E-state index is 3.50. The van der Waals surface area contributed by atoms with Crippen molar-refractivity contribution in [3.63, 3.8) is 0 Å². The zero-order valence-corrected chi connectivity index (χ0v) is 14.3. The Balaban J connectivity index is 2.13. The first-order valence-electron chi connectivity index (χ1n) is 7.32. The summed E-state index contributed by atoms with van der Waals surface area (Å²) in [6.45, 7) is 2.27. The maximum Gasteiger partial charge on any atom is 0.0228 e. The van der Waals surface area contributed by atoms with Crippen LogP contribution in [0.2, 0.25) is 0 Å². The number of halogens is 1. The number of allylic oxidation sites excluding steroid dienone is 1. The Kier molecular flexibility index (Phi) is 10.3. The number of rotatable bonds is 10. The molecule has 2 heteroatoms. The molecule has 0 amide bonds. The van der Waals surface area contributed by atoms with Crippen LogP contribution in [0.15, 0.2) is 40.2 Å². The smallest absolute Gasteiger partial charge is 0.0228 e. The minimum atomic E-state index is 1.08. The van der Waals surface area contributed by atoms with E-state index in [4.69, 9.17) is 0 Å². The van der Waals surface area contributed by atoms with Crippen molar-refractivity contribution in [2.75, 3.05) is 0 Å². The van der Waals surface area contributed by atoms with Gasteiger partial charge in [0.15, 0.2) is 0 Å². The van der Waals surface area contributed by atoms with Gasteiger partial charge in [0, 0.05) is 5.75 Å². The second-order valence-electron chi connectivity index (χ2n) is 4.87. The van der Waals surface area contributed by atoms with Gasteiger partial charge in [0.25, 0.3) is 0 Å². The molecular formula is C17H25BrS. The van der Waals surface area contributed by atoms with Crippen molar-refractivity contribution in [3.05, 3.63) is 45.8 Å². The third-order valence-electron chi connectivity index (χ3n) is 3.17. The van der Waals surface area contributed by atoms with E-state index < -0.39 is 0 Å². The van der Waals surface area contributed by atoms with Gasteiger partial charge < -0.3 is 0 Å². The summed E-state index contributed by atoms with van der Waals surface area (Å²) in [4.78, 5) is 3.58. The third kappa shape index (κ3) is 8.54. The van der Waals surface area contributed by atoms with E-state index in [1.165, 1.54) is 55.4 Å². The predicted molar refractivity (Wildman–Crippen MR) is 92.7 cm³/mol. The summed E-state index contributed by atoms with van der Waals surface area (Å²) >= 11 is 5.46. The first-order valence-corrected chi connectivity index (χ1v) is 9.23. The number of hydrogen-bond acceptors (Lipinski definition) is 1. The summed E-state index contributed by atoms with van der Waals surface area (Å²) in [6, 6.07) is 10.7. The Morgan fingerprint density at radius 3 is 2.42 bits per heavy atom. The molecule has 1 aromatic rings. The fraction of sp³-hybridized carbons (Fsp3) is 0.529. The molecular weight excluding hydrogens is 316 g/mol. The average molecular weight is 341 g/mol. The predicted octanol–water partition coefficient (Wildman–Crippen LogP) is 6.91. The number of benzene rings is 1. The molecule has 0 radical (unpaired) electrons. The maximum atomic E-state index is 3.50. The van der Waals surface area contributed by atoms with Gasteiger partial charge in [-0.2, -0.15) is 0 Å². The summed E-state index contributed by atoms with van der Waals surface area (Å²) in [6.07, 6.45) is 9.44. The highest BCUT2D eigenvalue weighted by Gasteiger charge is 2.00. The summed E-state index contributed by atoms with van der Waals surface area (Å²) in [7, 11) is 0. The molecule has 0 saturated carbocycles. The zero-order valence-electron chi connectivity index (χ0n) is 11.9. The van der Waals surface area contributed by atoms with E-state index in [-0.39, 0.29) is 0 Å². The molecule has 0 aliphatic heterocycles. The van der Waals surface area contributed by atoms with Crippen molar-refractivity contribution in [1.29, 1.82) is 0 Å². The SMILES string of the molecule is CCCCCCCC/C(=C/Br)SCc1ccccc1. The first-order chi connectivity index (χ1) is 9.36. The van der Waals surface area contributed by atoms with E-state index in [1.807, 2.05) is 11.8 Å². The second-order valence-corrected chi connectivity index (χ2v) is 6.43. The summed E-state index contributed by atoms with van der Waals surface area (Å²) in [5.74, 6) is 1.08. The highest BCUT2D eigenvalue weighted by Crippen LogP contribution is 2.27. The lowest BCUT2D eigenvalue weighted by Crippen LogP contribution is -1.84. The van der Waals surface area contributed by atoms with Gasteiger partial charge in [-0.15, -0.1) is 11.8 Å². The standard InChI is InChI=1S/C17H25BrS/c1-2-3-4-5-6-10-13-17(14-18)19-15-16-11-8-7-9-12-16/h7-9,11-12,14H,2-6,10,13,15H2,1H3/b17-14-. The molecule has 0 N–H and O–H groups in total. The Bertz CT molecular complexity index is 346. The van der Waals surface area contributed by atoms with Crippen LogP contribution < -0.4 is 0 Å². The molecule has 0 spiro atoms. The summed E-state index contributed by atoms with van der Waals surface area (Å²) in [5.41, 5.74) is 1.40. The van der Waals surface area contributed by atoms with Gasteiger partial charge in [-0.1, -0.05) is 85.3 Å². The Morgan fingerprint density at radius 1 is 1.05 bits per heavy atom. The minimum absolute atomic E-state index is 1.08. The van der Waals surface area contributed by atoms with Gasteiger partial charge in [0.1, 0.15) is 0 Å². The highest BCUT2D eigenvalue weighted by molar-refractivity contribution is 9.11. The lowest BCUT2D eigenvalue weighted by molar-refractivity contribution is 0.610. The average Bonchev–Trinajstić information content (AvgIpc) is 2.47. The van der Waals surface area contributed by atoms with Gasteiger partial charge in [0.2, 0.25) is 0 Å². The van der Waals surface area contributed by atoms with Gasteiger partial charge >= 0.3 is 0 Å². The quantitative estimate of drug-likeness (QED) is 0.417. The molecule has 0 nitrogen and oxygen atoms in total.